The number of rotatable bonds is 10. The first kappa shape index (κ1) is 23.9. The molecule has 0 bridgehead atoms. The van der Waals surface area contributed by atoms with Gasteiger partial charge in [0.2, 0.25) is 5.91 Å². The molecule has 1 aliphatic rings. The highest BCUT2D eigenvalue weighted by Gasteiger charge is 2.39. The lowest BCUT2D eigenvalue weighted by Crippen LogP contribution is -3.12. The molecule has 3 rings (SSSR count). The maximum atomic E-state index is 13.1. The summed E-state index contributed by atoms with van der Waals surface area (Å²) in [5.74, 6) is -2.19. The minimum absolute atomic E-state index is 0.166. The molecule has 0 spiro atoms. The molecule has 1 amide bonds. The van der Waals surface area contributed by atoms with Crippen LogP contribution in [0.4, 0.5) is 5.69 Å². The second-order valence-electron chi connectivity index (χ2n) is 7.81. The molecule has 8 nitrogen and oxygen atoms in total. The number of nitrogens with zero attached hydrogens (tertiary/aromatic N) is 2. The van der Waals surface area contributed by atoms with Gasteiger partial charge in [-0.25, -0.2) is 0 Å². The van der Waals surface area contributed by atoms with Crippen molar-refractivity contribution in [3.05, 3.63) is 93.2 Å². The molecule has 2 aromatic rings. The molecule has 0 saturated heterocycles. The van der Waals surface area contributed by atoms with Crippen molar-refractivity contribution in [2.24, 2.45) is 0 Å². The highest BCUT2D eigenvalue weighted by Crippen LogP contribution is 2.37. The molecule has 33 heavy (non-hydrogen) atoms. The molecule has 0 fully saturated rings. The van der Waals surface area contributed by atoms with Gasteiger partial charge in [-0.1, -0.05) is 48.5 Å². The number of quaternary nitrogens is 1. The first-order valence-corrected chi connectivity index (χ1v) is 10.9. The lowest BCUT2D eigenvalue weighted by atomic mass is 9.95. The normalized spacial score (nSPS) is 16.3. The maximum Gasteiger partial charge on any atom is 0.269 e. The van der Waals surface area contributed by atoms with Crippen LogP contribution in [-0.2, 0) is 9.59 Å². The summed E-state index contributed by atoms with van der Waals surface area (Å²) < 4.78 is 0. The van der Waals surface area contributed by atoms with Gasteiger partial charge in [0.1, 0.15) is 0 Å². The van der Waals surface area contributed by atoms with Crippen LogP contribution in [0.5, 0.6) is 0 Å². The van der Waals surface area contributed by atoms with Crippen LogP contribution >= 0.6 is 0 Å². The Labute approximate surface area is 192 Å². The van der Waals surface area contributed by atoms with E-state index < -0.39 is 28.4 Å². The Hall–Kier alpha value is -3.78. The minimum Gasteiger partial charge on any atom is -0.868 e. The molecule has 2 aromatic carbocycles. The summed E-state index contributed by atoms with van der Waals surface area (Å²) in [4.78, 5) is 39.4. The van der Waals surface area contributed by atoms with Crippen LogP contribution in [0, 0.1) is 10.1 Å². The molecule has 0 aliphatic carbocycles. The van der Waals surface area contributed by atoms with Gasteiger partial charge in [-0.05, 0) is 36.8 Å². The standard InChI is InChI=1S/C25H27N3O5/c1-3-26(4-2)15-16-27-23(19-11-8-12-20(17-19)28(32)33)22(24(30)25(27)31)21(29)14-13-18-9-6-5-7-10-18/h5-14,17,23,30H,3-4,15-16H2,1-2H3. The van der Waals surface area contributed by atoms with Crippen LogP contribution in [0.3, 0.4) is 0 Å². The maximum absolute atomic E-state index is 13.1. The molecule has 8 heteroatoms. The largest absolute Gasteiger partial charge is 0.868 e. The van der Waals surface area contributed by atoms with E-state index in [1.807, 2.05) is 44.2 Å². The van der Waals surface area contributed by atoms with Crippen LogP contribution in [0.1, 0.15) is 31.0 Å². The molecule has 1 unspecified atom stereocenters. The van der Waals surface area contributed by atoms with Crippen LogP contribution < -0.4 is 10.0 Å². The van der Waals surface area contributed by atoms with E-state index in [0.717, 1.165) is 18.7 Å². The van der Waals surface area contributed by atoms with Crippen LogP contribution in [-0.4, -0.2) is 47.7 Å². The van der Waals surface area contributed by atoms with E-state index in [9.17, 15) is 24.8 Å². The molecular formula is C25H27N3O5. The monoisotopic (exact) mass is 449 g/mol. The number of benzene rings is 2. The smallest absolute Gasteiger partial charge is 0.269 e. The van der Waals surface area contributed by atoms with E-state index >= 15 is 0 Å². The number of nitro benzene ring substituents is 1. The first-order valence-electron chi connectivity index (χ1n) is 10.9. The Balaban J connectivity index is 2.00. The summed E-state index contributed by atoms with van der Waals surface area (Å²) in [6.45, 7) is 6.62. The topological polar surface area (TPSA) is 108 Å². The Kier molecular flexibility index (Phi) is 7.74. The molecular weight excluding hydrogens is 422 g/mol. The van der Waals surface area contributed by atoms with Gasteiger partial charge in [-0.2, -0.15) is 0 Å². The second kappa shape index (κ2) is 10.7. The van der Waals surface area contributed by atoms with Gasteiger partial charge in [-0.15, -0.1) is 0 Å². The minimum atomic E-state index is -0.965. The fraction of sp³-hybridized carbons (Fsp3) is 0.280. The van der Waals surface area contributed by atoms with Crippen LogP contribution in [0.2, 0.25) is 0 Å². The van der Waals surface area contributed by atoms with E-state index in [1.54, 1.807) is 12.1 Å². The molecule has 0 saturated carbocycles. The summed E-state index contributed by atoms with van der Waals surface area (Å²) >= 11 is 0. The molecule has 1 aliphatic heterocycles. The summed E-state index contributed by atoms with van der Waals surface area (Å²) in [5.41, 5.74) is 0.800. The molecule has 1 N–H and O–H groups in total. The zero-order valence-corrected chi connectivity index (χ0v) is 18.7. The molecule has 0 radical (unpaired) electrons. The average Bonchev–Trinajstić information content (AvgIpc) is 3.09. The number of allylic oxidation sites excluding steroid dienone is 1. The van der Waals surface area contributed by atoms with Gasteiger partial charge in [0.25, 0.3) is 5.69 Å². The highest BCUT2D eigenvalue weighted by molar-refractivity contribution is 6.14. The van der Waals surface area contributed by atoms with E-state index in [2.05, 4.69) is 0 Å². The van der Waals surface area contributed by atoms with E-state index in [1.165, 1.54) is 34.1 Å². The first-order chi connectivity index (χ1) is 15.9. The van der Waals surface area contributed by atoms with Crippen molar-refractivity contribution < 1.29 is 24.5 Å². The quantitative estimate of drug-likeness (QED) is 0.334. The Morgan fingerprint density at radius 2 is 1.82 bits per heavy atom. The van der Waals surface area contributed by atoms with Gasteiger partial charge in [0.05, 0.1) is 37.1 Å². The van der Waals surface area contributed by atoms with Crippen molar-refractivity contribution in [1.82, 2.24) is 4.90 Å². The van der Waals surface area contributed by atoms with E-state index in [0.29, 0.717) is 12.1 Å². The third-order valence-corrected chi connectivity index (χ3v) is 5.88. The van der Waals surface area contributed by atoms with Crippen molar-refractivity contribution in [3.8, 4) is 0 Å². The van der Waals surface area contributed by atoms with Crippen molar-refractivity contribution in [2.45, 2.75) is 19.9 Å². The number of ketones is 1. The van der Waals surface area contributed by atoms with Gasteiger partial charge < -0.3 is 14.9 Å². The SMILES string of the molecule is CC[NH+](CC)CCN1C(=O)C([O-])=C(C(=O)C=Cc2ccccc2)C1c1cccc([N+](=O)[O-])c1. The number of hydrogen-bond donors (Lipinski definition) is 1. The van der Waals surface area contributed by atoms with Crippen molar-refractivity contribution >= 4 is 23.5 Å². The number of carbonyl (C=O) groups excluding carboxylic acids is 2. The second-order valence-corrected chi connectivity index (χ2v) is 7.81. The summed E-state index contributed by atoms with van der Waals surface area (Å²) in [6, 6.07) is 13.9. The Morgan fingerprint density at radius 1 is 1.12 bits per heavy atom. The molecule has 1 atom stereocenters. The molecule has 172 valence electrons. The van der Waals surface area contributed by atoms with Crippen molar-refractivity contribution in [3.63, 3.8) is 0 Å². The number of hydrogen-bond acceptors (Lipinski definition) is 5. The predicted molar refractivity (Wildman–Crippen MR) is 122 cm³/mol. The highest BCUT2D eigenvalue weighted by atomic mass is 16.6. The summed E-state index contributed by atoms with van der Waals surface area (Å²) in [6.07, 6.45) is 2.86. The average molecular weight is 450 g/mol. The van der Waals surface area contributed by atoms with E-state index in [-0.39, 0.29) is 17.8 Å². The van der Waals surface area contributed by atoms with Gasteiger partial charge in [-0.3, -0.25) is 19.7 Å². The van der Waals surface area contributed by atoms with E-state index in [4.69, 9.17) is 0 Å². The number of non-ortho nitro benzene ring substituents is 1. The third-order valence-electron chi connectivity index (χ3n) is 5.88. The fourth-order valence-corrected chi connectivity index (χ4v) is 3.98. The van der Waals surface area contributed by atoms with Crippen LogP contribution in [0.15, 0.2) is 72.0 Å². The zero-order valence-electron chi connectivity index (χ0n) is 18.7. The van der Waals surface area contributed by atoms with Gasteiger partial charge in [0.15, 0.2) is 5.78 Å². The van der Waals surface area contributed by atoms with Crippen LogP contribution in [0.25, 0.3) is 6.08 Å². The number of likely N-dealkylation sites (N-methyl/N-ethyl adjacent to an activating group) is 1. The Morgan fingerprint density at radius 3 is 2.45 bits per heavy atom. The molecule has 0 aromatic heterocycles. The zero-order chi connectivity index (χ0) is 24.0. The lowest BCUT2D eigenvalue weighted by Gasteiger charge is -2.28. The lowest BCUT2D eigenvalue weighted by molar-refractivity contribution is -0.895. The Bertz CT molecular complexity index is 1090. The van der Waals surface area contributed by atoms with Gasteiger partial charge >= 0.3 is 0 Å². The van der Waals surface area contributed by atoms with Crippen molar-refractivity contribution in [2.75, 3.05) is 26.2 Å². The number of nitrogens with one attached hydrogen (secondary N) is 1. The third kappa shape index (κ3) is 5.35. The predicted octanol–water partition coefficient (Wildman–Crippen LogP) is 1.30. The summed E-state index contributed by atoms with van der Waals surface area (Å²) in [5, 5.41) is 24.2. The molecule has 1 heterocycles. The number of carbonyl (C=O) groups is 2. The van der Waals surface area contributed by atoms with Crippen molar-refractivity contribution in [1.29, 1.82) is 0 Å². The number of nitro groups is 1. The number of amides is 1. The van der Waals surface area contributed by atoms with Gasteiger partial charge in [0, 0.05) is 17.7 Å². The fourth-order valence-electron chi connectivity index (χ4n) is 3.98. The summed E-state index contributed by atoms with van der Waals surface area (Å²) in [7, 11) is 0.